The Balaban J connectivity index is 1.92. The Labute approximate surface area is 113 Å². The third-order valence-corrected chi connectivity index (χ3v) is 3.72. The average molecular weight is 266 g/mol. The van der Waals surface area contributed by atoms with Crippen LogP contribution in [0.2, 0.25) is 0 Å². The molecular weight excluding hydrogens is 244 g/mol. The molecular formula is C14H22N2O3. The average Bonchev–Trinajstić information content (AvgIpc) is 2.71. The molecule has 5 nitrogen and oxygen atoms in total. The maximum Gasteiger partial charge on any atom is 0.339 e. The van der Waals surface area contributed by atoms with Gasteiger partial charge >= 0.3 is 5.97 Å². The molecule has 0 atom stereocenters. The van der Waals surface area contributed by atoms with E-state index in [-0.39, 0.29) is 5.56 Å². The second-order valence-electron chi connectivity index (χ2n) is 5.39. The van der Waals surface area contributed by atoms with Gasteiger partial charge < -0.3 is 9.52 Å². The summed E-state index contributed by atoms with van der Waals surface area (Å²) in [5.74, 6) is 0.313. The zero-order valence-corrected chi connectivity index (χ0v) is 11.8. The topological polar surface area (TPSA) is 56.9 Å². The van der Waals surface area contributed by atoms with Gasteiger partial charge in [0, 0.05) is 32.2 Å². The monoisotopic (exact) mass is 266 g/mol. The first-order valence-corrected chi connectivity index (χ1v) is 6.76. The molecule has 1 aromatic heterocycles. The van der Waals surface area contributed by atoms with Crippen LogP contribution >= 0.6 is 0 Å². The SMILES string of the molecule is Cc1oc(CN2CCN(C(C)C)CC2)cc1C(=O)O. The lowest BCUT2D eigenvalue weighted by Crippen LogP contribution is -2.48. The van der Waals surface area contributed by atoms with Crippen molar-refractivity contribution >= 4 is 5.97 Å². The first-order valence-electron chi connectivity index (χ1n) is 6.76. The third kappa shape index (κ3) is 3.36. The van der Waals surface area contributed by atoms with Crippen LogP contribution in [-0.4, -0.2) is 53.1 Å². The molecule has 1 aliphatic heterocycles. The van der Waals surface area contributed by atoms with Crippen LogP contribution in [0, 0.1) is 6.92 Å². The first-order chi connectivity index (χ1) is 8.97. The summed E-state index contributed by atoms with van der Waals surface area (Å²) in [5.41, 5.74) is 0.274. The molecule has 0 spiro atoms. The lowest BCUT2D eigenvalue weighted by molar-refractivity contribution is 0.0695. The highest BCUT2D eigenvalue weighted by Gasteiger charge is 2.21. The molecule has 0 amide bonds. The van der Waals surface area contributed by atoms with Crippen LogP contribution in [0.3, 0.4) is 0 Å². The minimum absolute atomic E-state index is 0.274. The quantitative estimate of drug-likeness (QED) is 0.900. The van der Waals surface area contributed by atoms with Gasteiger partial charge in [-0.05, 0) is 26.8 Å². The fourth-order valence-electron chi connectivity index (χ4n) is 2.49. The van der Waals surface area contributed by atoms with Crippen molar-refractivity contribution in [2.45, 2.75) is 33.4 Å². The Bertz CT molecular complexity index is 446. The number of rotatable bonds is 4. The number of nitrogens with zero attached hydrogens (tertiary/aromatic N) is 2. The zero-order valence-electron chi connectivity index (χ0n) is 11.8. The molecule has 1 saturated heterocycles. The standard InChI is InChI=1S/C14H22N2O3/c1-10(2)16-6-4-15(5-7-16)9-12-8-13(14(17)18)11(3)19-12/h8,10H,4-7,9H2,1-3H3,(H,17,18). The summed E-state index contributed by atoms with van der Waals surface area (Å²) in [6.07, 6.45) is 0. The molecule has 0 aliphatic carbocycles. The van der Waals surface area contributed by atoms with E-state index in [2.05, 4.69) is 23.6 Å². The largest absolute Gasteiger partial charge is 0.478 e. The van der Waals surface area contributed by atoms with Gasteiger partial charge in [-0.3, -0.25) is 9.80 Å². The molecule has 1 aromatic rings. The molecule has 106 valence electrons. The maximum atomic E-state index is 11.0. The van der Waals surface area contributed by atoms with Crippen LogP contribution in [0.15, 0.2) is 10.5 Å². The molecule has 2 rings (SSSR count). The van der Waals surface area contributed by atoms with Crippen molar-refractivity contribution in [1.29, 1.82) is 0 Å². The third-order valence-electron chi connectivity index (χ3n) is 3.72. The minimum atomic E-state index is -0.919. The van der Waals surface area contributed by atoms with E-state index in [1.165, 1.54) is 0 Å². The molecule has 1 aliphatic rings. The van der Waals surface area contributed by atoms with Gasteiger partial charge in [0.1, 0.15) is 17.1 Å². The van der Waals surface area contributed by atoms with Gasteiger partial charge in [-0.15, -0.1) is 0 Å². The van der Waals surface area contributed by atoms with E-state index >= 15 is 0 Å². The van der Waals surface area contributed by atoms with Crippen LogP contribution in [0.25, 0.3) is 0 Å². The Morgan fingerprint density at radius 3 is 2.47 bits per heavy atom. The maximum absolute atomic E-state index is 11.0. The summed E-state index contributed by atoms with van der Waals surface area (Å²) in [7, 11) is 0. The molecule has 0 saturated carbocycles. The predicted molar refractivity (Wildman–Crippen MR) is 72.4 cm³/mol. The molecule has 19 heavy (non-hydrogen) atoms. The molecule has 0 aromatic carbocycles. The number of furan rings is 1. The van der Waals surface area contributed by atoms with E-state index in [9.17, 15) is 4.79 Å². The number of piperazine rings is 1. The summed E-state index contributed by atoms with van der Waals surface area (Å²) in [4.78, 5) is 15.7. The second-order valence-corrected chi connectivity index (χ2v) is 5.39. The van der Waals surface area contributed by atoms with Crippen molar-refractivity contribution in [3.63, 3.8) is 0 Å². The first kappa shape index (κ1) is 14.1. The number of aromatic carboxylic acids is 1. The van der Waals surface area contributed by atoms with Crippen molar-refractivity contribution in [2.75, 3.05) is 26.2 Å². The highest BCUT2D eigenvalue weighted by atomic mass is 16.4. The molecule has 1 fully saturated rings. The number of carboxylic acid groups (broad SMARTS) is 1. The van der Waals surface area contributed by atoms with E-state index in [1.807, 2.05) is 0 Å². The fourth-order valence-corrected chi connectivity index (χ4v) is 2.49. The van der Waals surface area contributed by atoms with Crippen LogP contribution in [0.1, 0.15) is 35.7 Å². The van der Waals surface area contributed by atoms with Crippen LogP contribution < -0.4 is 0 Å². The number of hydrogen-bond donors (Lipinski definition) is 1. The summed E-state index contributed by atoms with van der Waals surface area (Å²) in [6.45, 7) is 10.9. The molecule has 0 unspecified atom stereocenters. The zero-order chi connectivity index (χ0) is 14.0. The normalized spacial score (nSPS) is 18.1. The van der Waals surface area contributed by atoms with E-state index in [4.69, 9.17) is 9.52 Å². The molecule has 2 heterocycles. The lowest BCUT2D eigenvalue weighted by Gasteiger charge is -2.36. The summed E-state index contributed by atoms with van der Waals surface area (Å²) in [6, 6.07) is 2.23. The highest BCUT2D eigenvalue weighted by molar-refractivity contribution is 5.88. The summed E-state index contributed by atoms with van der Waals surface area (Å²) >= 11 is 0. The number of hydrogen-bond acceptors (Lipinski definition) is 4. The minimum Gasteiger partial charge on any atom is -0.478 e. The summed E-state index contributed by atoms with van der Waals surface area (Å²) < 4.78 is 5.52. The van der Waals surface area contributed by atoms with E-state index < -0.39 is 5.97 Å². The fraction of sp³-hybridized carbons (Fsp3) is 0.643. The van der Waals surface area contributed by atoms with Crippen molar-refractivity contribution in [1.82, 2.24) is 9.80 Å². The highest BCUT2D eigenvalue weighted by Crippen LogP contribution is 2.17. The molecule has 0 bridgehead atoms. The van der Waals surface area contributed by atoms with Crippen LogP contribution in [0.4, 0.5) is 0 Å². The van der Waals surface area contributed by atoms with Gasteiger partial charge in [0.05, 0.1) is 6.54 Å². The molecule has 1 N–H and O–H groups in total. The van der Waals surface area contributed by atoms with Crippen LogP contribution in [0.5, 0.6) is 0 Å². The van der Waals surface area contributed by atoms with Crippen LogP contribution in [-0.2, 0) is 6.54 Å². The predicted octanol–water partition coefficient (Wildman–Crippen LogP) is 1.81. The molecule has 0 radical (unpaired) electrons. The smallest absolute Gasteiger partial charge is 0.339 e. The lowest BCUT2D eigenvalue weighted by atomic mass is 10.2. The van der Waals surface area contributed by atoms with Gasteiger partial charge in [0.2, 0.25) is 0 Å². The van der Waals surface area contributed by atoms with Crippen molar-refractivity contribution in [2.24, 2.45) is 0 Å². The molecule has 5 heteroatoms. The van der Waals surface area contributed by atoms with Crippen molar-refractivity contribution in [3.05, 3.63) is 23.2 Å². The summed E-state index contributed by atoms with van der Waals surface area (Å²) in [5, 5.41) is 9.00. The van der Waals surface area contributed by atoms with Gasteiger partial charge in [-0.1, -0.05) is 0 Å². The van der Waals surface area contributed by atoms with Gasteiger partial charge in [-0.25, -0.2) is 4.79 Å². The van der Waals surface area contributed by atoms with E-state index in [0.717, 1.165) is 31.9 Å². The Hall–Kier alpha value is -1.33. The van der Waals surface area contributed by atoms with E-state index in [0.29, 0.717) is 18.3 Å². The van der Waals surface area contributed by atoms with Gasteiger partial charge in [0.15, 0.2) is 0 Å². The number of carbonyl (C=O) groups is 1. The van der Waals surface area contributed by atoms with E-state index in [1.54, 1.807) is 13.0 Å². The van der Waals surface area contributed by atoms with Gasteiger partial charge in [-0.2, -0.15) is 0 Å². The number of aryl methyl sites for hydroxylation is 1. The number of carboxylic acids is 1. The van der Waals surface area contributed by atoms with Crippen molar-refractivity contribution < 1.29 is 14.3 Å². The second kappa shape index (κ2) is 5.75. The Morgan fingerprint density at radius 2 is 2.00 bits per heavy atom. The Kier molecular flexibility index (Phi) is 4.27. The van der Waals surface area contributed by atoms with Gasteiger partial charge in [0.25, 0.3) is 0 Å². The van der Waals surface area contributed by atoms with Crippen molar-refractivity contribution in [3.8, 4) is 0 Å². The Morgan fingerprint density at radius 1 is 1.37 bits per heavy atom.